The number of nitrogens with zero attached hydrogens (tertiary/aromatic N) is 4. The van der Waals surface area contributed by atoms with Crippen molar-refractivity contribution < 1.29 is 0 Å². The van der Waals surface area contributed by atoms with Crippen LogP contribution in [0.25, 0.3) is 11.0 Å². The minimum atomic E-state index is 0.568. The number of hydrogen-bond donors (Lipinski definition) is 2. The summed E-state index contributed by atoms with van der Waals surface area (Å²) in [4.78, 5) is 11.0. The van der Waals surface area contributed by atoms with Crippen molar-refractivity contribution in [3.8, 4) is 0 Å². The molecular formula is C15H18N6. The summed E-state index contributed by atoms with van der Waals surface area (Å²) in [5.74, 6) is 1.39. The Balaban J connectivity index is 2.16. The van der Waals surface area contributed by atoms with Crippen LogP contribution in [-0.2, 0) is 0 Å². The zero-order valence-corrected chi connectivity index (χ0v) is 12.6. The third-order valence-corrected chi connectivity index (χ3v) is 3.42. The zero-order chi connectivity index (χ0) is 15.0. The first-order valence-corrected chi connectivity index (χ1v) is 6.79. The third-order valence-electron chi connectivity index (χ3n) is 3.42. The number of fused-ring (bicyclic) bond motifs is 1. The molecule has 2 heterocycles. The van der Waals surface area contributed by atoms with Crippen LogP contribution in [0, 0.1) is 13.8 Å². The van der Waals surface area contributed by atoms with Crippen molar-refractivity contribution in [3.63, 3.8) is 0 Å². The fourth-order valence-electron chi connectivity index (χ4n) is 2.45. The van der Waals surface area contributed by atoms with E-state index >= 15 is 0 Å². The lowest BCUT2D eigenvalue weighted by Gasteiger charge is -2.20. The van der Waals surface area contributed by atoms with Crippen LogP contribution in [-0.4, -0.2) is 34.3 Å². The molecule has 108 valence electrons. The molecule has 0 radical (unpaired) electrons. The molecule has 0 atom stereocenters. The quantitative estimate of drug-likeness (QED) is 0.773. The molecule has 0 bridgehead atoms. The van der Waals surface area contributed by atoms with Gasteiger partial charge in [0.25, 0.3) is 0 Å². The Kier molecular flexibility index (Phi) is 3.21. The van der Waals surface area contributed by atoms with Gasteiger partial charge in [0, 0.05) is 19.8 Å². The van der Waals surface area contributed by atoms with Crippen molar-refractivity contribution in [1.29, 1.82) is 0 Å². The molecule has 0 amide bonds. The molecule has 0 unspecified atom stereocenters. The van der Waals surface area contributed by atoms with Crippen molar-refractivity contribution in [3.05, 3.63) is 35.5 Å². The maximum Gasteiger partial charge on any atom is 0.226 e. The van der Waals surface area contributed by atoms with Gasteiger partial charge in [0.15, 0.2) is 5.65 Å². The van der Waals surface area contributed by atoms with Crippen LogP contribution >= 0.6 is 0 Å². The predicted molar refractivity (Wildman–Crippen MR) is 85.2 cm³/mol. The van der Waals surface area contributed by atoms with Crippen LogP contribution in [0.3, 0.4) is 0 Å². The van der Waals surface area contributed by atoms with Crippen molar-refractivity contribution in [2.24, 2.45) is 0 Å². The maximum absolute atomic E-state index is 4.57. The fourth-order valence-corrected chi connectivity index (χ4v) is 2.45. The molecule has 0 spiro atoms. The van der Waals surface area contributed by atoms with Gasteiger partial charge in [-0.05, 0) is 37.1 Å². The van der Waals surface area contributed by atoms with E-state index in [1.165, 1.54) is 11.1 Å². The number of H-pyrrole nitrogens is 1. The van der Waals surface area contributed by atoms with E-state index in [1.54, 1.807) is 13.2 Å². The topological polar surface area (TPSA) is 69.7 Å². The van der Waals surface area contributed by atoms with E-state index in [4.69, 9.17) is 0 Å². The molecule has 1 aromatic carbocycles. The van der Waals surface area contributed by atoms with Gasteiger partial charge in [-0.15, -0.1) is 0 Å². The number of rotatable bonds is 3. The summed E-state index contributed by atoms with van der Waals surface area (Å²) < 4.78 is 0. The van der Waals surface area contributed by atoms with E-state index in [-0.39, 0.29) is 0 Å². The van der Waals surface area contributed by atoms with E-state index in [0.29, 0.717) is 5.95 Å². The summed E-state index contributed by atoms with van der Waals surface area (Å²) >= 11 is 0. The Morgan fingerprint density at radius 2 is 1.81 bits per heavy atom. The monoisotopic (exact) mass is 282 g/mol. The van der Waals surface area contributed by atoms with Crippen molar-refractivity contribution in [2.75, 3.05) is 24.3 Å². The fraction of sp³-hybridized carbons (Fsp3) is 0.267. The maximum atomic E-state index is 4.57. The molecule has 21 heavy (non-hydrogen) atoms. The number of nitrogens with one attached hydrogen (secondary N) is 2. The smallest absolute Gasteiger partial charge is 0.226 e. The van der Waals surface area contributed by atoms with Crippen LogP contribution in [0.1, 0.15) is 11.1 Å². The van der Waals surface area contributed by atoms with E-state index in [1.807, 2.05) is 7.05 Å². The molecule has 2 N–H and O–H groups in total. The molecule has 0 saturated carbocycles. The van der Waals surface area contributed by atoms with Crippen LogP contribution in [0.2, 0.25) is 0 Å². The molecule has 3 aromatic rings. The summed E-state index contributed by atoms with van der Waals surface area (Å²) in [5.41, 5.74) is 4.27. The van der Waals surface area contributed by atoms with Gasteiger partial charge < -0.3 is 10.2 Å². The lowest BCUT2D eigenvalue weighted by Crippen LogP contribution is -2.13. The highest BCUT2D eigenvalue weighted by molar-refractivity contribution is 5.89. The van der Waals surface area contributed by atoms with Gasteiger partial charge in [0.05, 0.1) is 11.6 Å². The van der Waals surface area contributed by atoms with Crippen molar-refractivity contribution in [2.45, 2.75) is 13.8 Å². The Hall–Kier alpha value is -2.63. The van der Waals surface area contributed by atoms with Gasteiger partial charge in [-0.1, -0.05) is 6.07 Å². The molecule has 0 fully saturated rings. The van der Waals surface area contributed by atoms with Crippen LogP contribution in [0.15, 0.2) is 24.4 Å². The van der Waals surface area contributed by atoms with E-state index in [2.05, 4.69) is 62.4 Å². The second kappa shape index (κ2) is 5.05. The van der Waals surface area contributed by atoms with E-state index in [0.717, 1.165) is 22.5 Å². The summed E-state index contributed by atoms with van der Waals surface area (Å²) in [6.45, 7) is 4.19. The van der Waals surface area contributed by atoms with Gasteiger partial charge in [-0.25, -0.2) is 0 Å². The minimum absolute atomic E-state index is 0.568. The van der Waals surface area contributed by atoms with Crippen molar-refractivity contribution in [1.82, 2.24) is 20.2 Å². The van der Waals surface area contributed by atoms with Gasteiger partial charge in [0.2, 0.25) is 5.95 Å². The molecular weight excluding hydrogens is 264 g/mol. The van der Waals surface area contributed by atoms with Gasteiger partial charge in [-0.2, -0.15) is 15.1 Å². The van der Waals surface area contributed by atoms with E-state index in [9.17, 15) is 0 Å². The lowest BCUT2D eigenvalue weighted by atomic mass is 10.1. The normalized spacial score (nSPS) is 10.9. The van der Waals surface area contributed by atoms with Gasteiger partial charge >= 0.3 is 0 Å². The highest BCUT2D eigenvalue weighted by Gasteiger charge is 2.14. The molecule has 0 aliphatic carbocycles. The van der Waals surface area contributed by atoms with Crippen LogP contribution < -0.4 is 10.2 Å². The summed E-state index contributed by atoms with van der Waals surface area (Å²) in [7, 11) is 3.81. The largest absolute Gasteiger partial charge is 0.357 e. The molecule has 6 nitrogen and oxygen atoms in total. The summed E-state index contributed by atoms with van der Waals surface area (Å²) in [6.07, 6.45) is 1.75. The molecule has 0 aliphatic rings. The number of aromatic amines is 1. The first-order chi connectivity index (χ1) is 10.1. The zero-order valence-electron chi connectivity index (χ0n) is 12.6. The second-order valence-corrected chi connectivity index (χ2v) is 5.16. The van der Waals surface area contributed by atoms with Crippen molar-refractivity contribution >= 4 is 28.5 Å². The van der Waals surface area contributed by atoms with Gasteiger partial charge in [0.1, 0.15) is 5.82 Å². The summed E-state index contributed by atoms with van der Waals surface area (Å²) in [5, 5.41) is 10.8. The molecule has 6 heteroatoms. The Morgan fingerprint density at radius 1 is 1.10 bits per heavy atom. The van der Waals surface area contributed by atoms with E-state index < -0.39 is 0 Å². The number of anilines is 3. The number of hydrogen-bond acceptors (Lipinski definition) is 5. The molecule has 0 aliphatic heterocycles. The highest BCUT2D eigenvalue weighted by atomic mass is 15.2. The average Bonchev–Trinajstić information content (AvgIpc) is 2.92. The first kappa shape index (κ1) is 13.4. The molecule has 3 rings (SSSR count). The number of aromatic nitrogens is 4. The minimum Gasteiger partial charge on any atom is -0.357 e. The Labute approximate surface area is 123 Å². The standard InChI is InChI=1S/C15H18N6/c1-9-5-10(2)7-11(6-9)21(4)14-12-8-17-20-13(12)18-15(16-3)19-14/h5-8H,1-4H3,(H2,16,17,18,19,20). The highest BCUT2D eigenvalue weighted by Crippen LogP contribution is 2.29. The first-order valence-electron chi connectivity index (χ1n) is 6.79. The number of benzene rings is 1. The molecule has 0 saturated heterocycles. The van der Waals surface area contributed by atoms with Crippen LogP contribution in [0.4, 0.5) is 17.5 Å². The second-order valence-electron chi connectivity index (χ2n) is 5.16. The lowest BCUT2D eigenvalue weighted by molar-refractivity contribution is 1.07. The third kappa shape index (κ3) is 2.40. The predicted octanol–water partition coefficient (Wildman–Crippen LogP) is 2.78. The molecule has 2 aromatic heterocycles. The van der Waals surface area contributed by atoms with Crippen LogP contribution in [0.5, 0.6) is 0 Å². The Morgan fingerprint density at radius 3 is 2.48 bits per heavy atom. The Bertz CT molecular complexity index is 772. The summed E-state index contributed by atoms with van der Waals surface area (Å²) in [6, 6.07) is 6.43. The van der Waals surface area contributed by atoms with Gasteiger partial charge in [-0.3, -0.25) is 5.10 Å². The SMILES string of the molecule is CNc1nc(N(C)c2cc(C)cc(C)c2)c2cn[nH]c2n1. The average molecular weight is 282 g/mol. The number of aryl methyl sites for hydroxylation is 2.